The Morgan fingerprint density at radius 1 is 1.39 bits per heavy atom. The van der Waals surface area contributed by atoms with E-state index in [-0.39, 0.29) is 23.0 Å². The van der Waals surface area contributed by atoms with Gasteiger partial charge in [-0.05, 0) is 32.0 Å². The number of nitrogens with zero attached hydrogens (tertiary/aromatic N) is 1. The van der Waals surface area contributed by atoms with Gasteiger partial charge in [-0.15, -0.1) is 6.58 Å². The van der Waals surface area contributed by atoms with Crippen LogP contribution in [0.25, 0.3) is 0 Å². The summed E-state index contributed by atoms with van der Waals surface area (Å²) in [6.45, 7) is 8.16. The summed E-state index contributed by atoms with van der Waals surface area (Å²) in [7, 11) is -3.65. The number of hydrogen-bond acceptors (Lipinski definition) is 4. The average Bonchev–Trinajstić information content (AvgIpc) is 2.51. The van der Waals surface area contributed by atoms with Crippen molar-refractivity contribution < 1.29 is 17.9 Å². The molecular weight excluding hydrogens is 316 g/mol. The molecule has 6 nitrogen and oxygen atoms in total. The van der Waals surface area contributed by atoms with Gasteiger partial charge >= 0.3 is 0 Å². The van der Waals surface area contributed by atoms with Gasteiger partial charge in [0.1, 0.15) is 0 Å². The minimum absolute atomic E-state index is 0.116. The van der Waals surface area contributed by atoms with Gasteiger partial charge in [-0.25, -0.2) is 8.42 Å². The molecule has 0 aromatic heterocycles. The highest BCUT2D eigenvalue weighted by Crippen LogP contribution is 2.21. The molecule has 0 spiro atoms. The van der Waals surface area contributed by atoms with Crippen LogP contribution in [-0.2, 0) is 14.8 Å². The van der Waals surface area contributed by atoms with Gasteiger partial charge in [0.05, 0.1) is 17.1 Å². The number of morpholine rings is 1. The summed E-state index contributed by atoms with van der Waals surface area (Å²) in [4.78, 5) is 12.1. The van der Waals surface area contributed by atoms with Crippen molar-refractivity contribution in [3.8, 4) is 0 Å². The molecule has 1 fully saturated rings. The summed E-state index contributed by atoms with van der Waals surface area (Å²) in [6, 6.07) is 6.06. The Morgan fingerprint density at radius 3 is 2.65 bits per heavy atom. The first kappa shape index (κ1) is 17.7. The lowest BCUT2D eigenvalue weighted by molar-refractivity contribution is -0.0440. The van der Waals surface area contributed by atoms with E-state index in [1.165, 1.54) is 16.4 Å². The van der Waals surface area contributed by atoms with Crippen LogP contribution in [0.5, 0.6) is 0 Å². The van der Waals surface area contributed by atoms with E-state index in [2.05, 4.69) is 11.9 Å². The number of amides is 1. The molecule has 1 aliphatic heterocycles. The SMILES string of the molecule is C=CCNC(=O)c1cccc(S(=O)(=O)N2CC(C)OC(C)C2)c1. The lowest BCUT2D eigenvalue weighted by Crippen LogP contribution is -2.48. The minimum atomic E-state index is -3.65. The summed E-state index contributed by atoms with van der Waals surface area (Å²) in [5.41, 5.74) is 0.308. The third kappa shape index (κ3) is 4.19. The fraction of sp³-hybridized carbons (Fsp3) is 0.438. The molecule has 7 heteroatoms. The van der Waals surface area contributed by atoms with Gasteiger partial charge in [0.15, 0.2) is 0 Å². The van der Waals surface area contributed by atoms with Crippen molar-refractivity contribution in [3.05, 3.63) is 42.5 Å². The van der Waals surface area contributed by atoms with Gasteiger partial charge in [-0.1, -0.05) is 12.1 Å². The predicted molar refractivity (Wildman–Crippen MR) is 87.7 cm³/mol. The van der Waals surface area contributed by atoms with Crippen molar-refractivity contribution in [2.24, 2.45) is 0 Å². The summed E-state index contributed by atoms with van der Waals surface area (Å²) >= 11 is 0. The second-order valence-corrected chi connectivity index (χ2v) is 7.54. The van der Waals surface area contributed by atoms with Gasteiger partial charge in [0.2, 0.25) is 10.0 Å². The predicted octanol–water partition coefficient (Wildman–Crippen LogP) is 1.40. The standard InChI is InChI=1S/C16H22N2O4S/c1-4-8-17-16(19)14-6-5-7-15(9-14)23(20,21)18-10-12(2)22-13(3)11-18/h4-7,9,12-13H,1,8,10-11H2,2-3H3,(H,17,19). The number of hydrogen-bond donors (Lipinski definition) is 1. The zero-order valence-electron chi connectivity index (χ0n) is 13.4. The van der Waals surface area contributed by atoms with Gasteiger partial charge in [-0.2, -0.15) is 4.31 Å². The Kier molecular flexibility index (Phi) is 5.56. The van der Waals surface area contributed by atoms with E-state index in [4.69, 9.17) is 4.74 Å². The van der Waals surface area contributed by atoms with E-state index in [0.29, 0.717) is 25.2 Å². The topological polar surface area (TPSA) is 75.7 Å². The number of nitrogens with one attached hydrogen (secondary N) is 1. The third-order valence-corrected chi connectivity index (χ3v) is 5.35. The molecule has 2 rings (SSSR count). The van der Waals surface area contributed by atoms with Crippen LogP contribution in [0, 0.1) is 0 Å². The summed E-state index contributed by atoms with van der Waals surface area (Å²) < 4.78 is 32.6. The van der Waals surface area contributed by atoms with E-state index >= 15 is 0 Å². The molecule has 126 valence electrons. The van der Waals surface area contributed by atoms with Crippen LogP contribution >= 0.6 is 0 Å². The van der Waals surface area contributed by atoms with E-state index in [1.54, 1.807) is 18.2 Å². The lowest BCUT2D eigenvalue weighted by atomic mass is 10.2. The van der Waals surface area contributed by atoms with Crippen LogP contribution in [0.4, 0.5) is 0 Å². The highest BCUT2D eigenvalue weighted by molar-refractivity contribution is 7.89. The van der Waals surface area contributed by atoms with Crippen LogP contribution in [0.3, 0.4) is 0 Å². The molecule has 2 atom stereocenters. The van der Waals surface area contributed by atoms with Crippen molar-refractivity contribution in [1.82, 2.24) is 9.62 Å². The maximum absolute atomic E-state index is 12.8. The first-order valence-electron chi connectivity index (χ1n) is 7.49. The van der Waals surface area contributed by atoms with E-state index in [1.807, 2.05) is 13.8 Å². The number of sulfonamides is 1. The maximum Gasteiger partial charge on any atom is 0.251 e. The number of carbonyl (C=O) groups is 1. The van der Waals surface area contributed by atoms with Crippen LogP contribution in [-0.4, -0.2) is 50.5 Å². The number of benzene rings is 1. The third-order valence-electron chi connectivity index (χ3n) is 3.53. The normalized spacial score (nSPS) is 22.5. The van der Waals surface area contributed by atoms with Crippen molar-refractivity contribution in [2.75, 3.05) is 19.6 Å². The molecule has 1 N–H and O–H groups in total. The van der Waals surface area contributed by atoms with Gasteiger partial charge < -0.3 is 10.1 Å². The molecule has 23 heavy (non-hydrogen) atoms. The Bertz CT molecular complexity index is 677. The van der Waals surface area contributed by atoms with Crippen LogP contribution in [0.1, 0.15) is 24.2 Å². The first-order valence-corrected chi connectivity index (χ1v) is 8.93. The fourth-order valence-corrected chi connectivity index (χ4v) is 4.18. The second kappa shape index (κ2) is 7.25. The lowest BCUT2D eigenvalue weighted by Gasteiger charge is -2.34. The van der Waals surface area contributed by atoms with Gasteiger partial charge in [0, 0.05) is 25.2 Å². The highest BCUT2D eigenvalue weighted by Gasteiger charge is 2.32. The highest BCUT2D eigenvalue weighted by atomic mass is 32.2. The van der Waals surface area contributed by atoms with E-state index in [9.17, 15) is 13.2 Å². The molecule has 0 saturated carbocycles. The molecule has 1 aromatic carbocycles. The van der Waals surface area contributed by atoms with Crippen molar-refractivity contribution in [3.63, 3.8) is 0 Å². The zero-order valence-corrected chi connectivity index (χ0v) is 14.2. The van der Waals surface area contributed by atoms with Crippen molar-refractivity contribution >= 4 is 15.9 Å². The van der Waals surface area contributed by atoms with Crippen molar-refractivity contribution in [2.45, 2.75) is 31.0 Å². The van der Waals surface area contributed by atoms with Crippen LogP contribution in [0.2, 0.25) is 0 Å². The average molecular weight is 338 g/mol. The molecule has 1 amide bonds. The molecule has 1 saturated heterocycles. The fourth-order valence-electron chi connectivity index (χ4n) is 2.54. The largest absolute Gasteiger partial charge is 0.373 e. The molecule has 2 unspecified atom stereocenters. The maximum atomic E-state index is 12.8. The van der Waals surface area contributed by atoms with Gasteiger partial charge in [-0.3, -0.25) is 4.79 Å². The monoisotopic (exact) mass is 338 g/mol. The summed E-state index contributed by atoms with van der Waals surface area (Å²) in [5, 5.41) is 2.64. The molecule has 0 bridgehead atoms. The van der Waals surface area contributed by atoms with E-state index < -0.39 is 10.0 Å². The molecular formula is C16H22N2O4S. The van der Waals surface area contributed by atoms with Crippen LogP contribution < -0.4 is 5.32 Å². The molecule has 0 aliphatic carbocycles. The van der Waals surface area contributed by atoms with Crippen molar-refractivity contribution in [1.29, 1.82) is 0 Å². The minimum Gasteiger partial charge on any atom is -0.373 e. The molecule has 1 aliphatic rings. The second-order valence-electron chi connectivity index (χ2n) is 5.61. The van der Waals surface area contributed by atoms with Gasteiger partial charge in [0.25, 0.3) is 5.91 Å². The quantitative estimate of drug-likeness (QED) is 0.824. The Hall–Kier alpha value is -1.70. The summed E-state index contributed by atoms with van der Waals surface area (Å²) in [6.07, 6.45) is 1.25. The van der Waals surface area contributed by atoms with E-state index in [0.717, 1.165) is 0 Å². The Labute approximate surface area is 137 Å². The number of ether oxygens (including phenoxy) is 1. The smallest absolute Gasteiger partial charge is 0.251 e. The van der Waals surface area contributed by atoms with Crippen LogP contribution in [0.15, 0.2) is 41.8 Å². The summed E-state index contributed by atoms with van der Waals surface area (Å²) in [5.74, 6) is -0.328. The molecule has 1 heterocycles. The Balaban J connectivity index is 2.26. The number of rotatable bonds is 5. The first-order chi connectivity index (χ1) is 10.8. The zero-order chi connectivity index (χ0) is 17.0. The Morgan fingerprint density at radius 2 is 2.04 bits per heavy atom. The number of carbonyl (C=O) groups excluding carboxylic acids is 1. The molecule has 1 aromatic rings. The molecule has 0 radical (unpaired) electrons.